The Morgan fingerprint density at radius 2 is 2.30 bits per heavy atom. The fraction of sp³-hybridized carbons (Fsp3) is 0.400. The Morgan fingerprint density at radius 1 is 1.45 bits per heavy atom. The molecular formula is C15H20FN3O. The molecule has 0 aliphatic carbocycles. The predicted molar refractivity (Wildman–Crippen MR) is 77.5 cm³/mol. The summed E-state index contributed by atoms with van der Waals surface area (Å²) in [5.41, 5.74) is 7.79. The van der Waals surface area contributed by atoms with Crippen molar-refractivity contribution in [2.75, 3.05) is 13.2 Å². The number of nitrogens with two attached hydrogens (primary N) is 1. The largest absolute Gasteiger partial charge is 0.488 e. The van der Waals surface area contributed by atoms with Crippen LogP contribution in [0.2, 0.25) is 0 Å². The van der Waals surface area contributed by atoms with E-state index in [0.717, 1.165) is 30.6 Å². The first-order chi connectivity index (χ1) is 9.76. The van der Waals surface area contributed by atoms with Crippen LogP contribution in [0.4, 0.5) is 4.39 Å². The van der Waals surface area contributed by atoms with E-state index in [9.17, 15) is 4.39 Å². The van der Waals surface area contributed by atoms with Gasteiger partial charge in [0.15, 0.2) is 0 Å². The summed E-state index contributed by atoms with van der Waals surface area (Å²) in [5, 5.41) is 0. The van der Waals surface area contributed by atoms with Gasteiger partial charge in [0.25, 0.3) is 0 Å². The van der Waals surface area contributed by atoms with Crippen LogP contribution < -0.4 is 10.5 Å². The Bertz CT molecular complexity index is 592. The number of hydrogen-bond acceptors (Lipinski definition) is 3. The number of pyridine rings is 1. The van der Waals surface area contributed by atoms with Crippen molar-refractivity contribution in [3.63, 3.8) is 0 Å². The van der Waals surface area contributed by atoms with E-state index in [1.165, 1.54) is 0 Å². The van der Waals surface area contributed by atoms with Gasteiger partial charge in [-0.3, -0.25) is 0 Å². The number of aryl methyl sites for hydroxylation is 1. The molecule has 0 amide bonds. The number of nitrogens with zero attached hydrogens (tertiary/aromatic N) is 2. The number of ether oxygens (including phenoxy) is 1. The van der Waals surface area contributed by atoms with Crippen molar-refractivity contribution in [1.82, 2.24) is 9.38 Å². The van der Waals surface area contributed by atoms with Crippen molar-refractivity contribution in [2.45, 2.75) is 26.2 Å². The minimum atomic E-state index is 0.158. The van der Waals surface area contributed by atoms with Gasteiger partial charge in [-0.1, -0.05) is 13.3 Å². The van der Waals surface area contributed by atoms with Gasteiger partial charge in [0, 0.05) is 18.3 Å². The number of halogens is 1. The van der Waals surface area contributed by atoms with Crippen LogP contribution in [-0.2, 0) is 6.42 Å². The van der Waals surface area contributed by atoms with Gasteiger partial charge in [-0.15, -0.1) is 0 Å². The maximum atomic E-state index is 12.4. The smallest absolute Gasteiger partial charge is 0.137 e. The maximum Gasteiger partial charge on any atom is 0.137 e. The highest BCUT2D eigenvalue weighted by molar-refractivity contribution is 5.43. The van der Waals surface area contributed by atoms with Crippen LogP contribution in [0.5, 0.6) is 5.75 Å². The molecule has 2 aromatic heterocycles. The molecule has 0 atom stereocenters. The first-order valence-corrected chi connectivity index (χ1v) is 6.85. The SMILES string of the molecule is CCCCc1cn2cc(OC/C(=C/F)CN)ccc2n1. The molecule has 0 aromatic carbocycles. The van der Waals surface area contributed by atoms with E-state index in [-0.39, 0.29) is 13.2 Å². The van der Waals surface area contributed by atoms with Gasteiger partial charge in [-0.2, -0.15) is 0 Å². The number of hydrogen-bond donors (Lipinski definition) is 1. The van der Waals surface area contributed by atoms with E-state index in [2.05, 4.69) is 11.9 Å². The highest BCUT2D eigenvalue weighted by Crippen LogP contribution is 2.15. The summed E-state index contributed by atoms with van der Waals surface area (Å²) in [5.74, 6) is 0.671. The maximum absolute atomic E-state index is 12.4. The third kappa shape index (κ3) is 3.57. The molecule has 2 rings (SSSR count). The Labute approximate surface area is 118 Å². The van der Waals surface area contributed by atoms with Gasteiger partial charge in [0.05, 0.1) is 18.2 Å². The molecule has 0 aliphatic rings. The lowest BCUT2D eigenvalue weighted by molar-refractivity contribution is 0.346. The highest BCUT2D eigenvalue weighted by atomic mass is 19.1. The van der Waals surface area contributed by atoms with Crippen LogP contribution in [0.15, 0.2) is 36.4 Å². The Balaban J connectivity index is 2.08. The monoisotopic (exact) mass is 277 g/mol. The van der Waals surface area contributed by atoms with Crippen molar-refractivity contribution in [3.05, 3.63) is 42.1 Å². The lowest BCUT2D eigenvalue weighted by atomic mass is 10.2. The van der Waals surface area contributed by atoms with Crippen LogP contribution in [0.1, 0.15) is 25.5 Å². The molecule has 0 saturated heterocycles. The number of fused-ring (bicyclic) bond motifs is 1. The lowest BCUT2D eigenvalue weighted by Gasteiger charge is -2.07. The minimum Gasteiger partial charge on any atom is -0.488 e. The zero-order valence-electron chi connectivity index (χ0n) is 11.7. The second-order valence-electron chi connectivity index (χ2n) is 4.73. The van der Waals surface area contributed by atoms with Gasteiger partial charge < -0.3 is 14.9 Å². The normalized spacial score (nSPS) is 12.1. The van der Waals surface area contributed by atoms with Crippen molar-refractivity contribution in [1.29, 1.82) is 0 Å². The molecule has 20 heavy (non-hydrogen) atoms. The van der Waals surface area contributed by atoms with Crippen LogP contribution in [0.25, 0.3) is 5.65 Å². The van der Waals surface area contributed by atoms with Gasteiger partial charge in [0.2, 0.25) is 0 Å². The summed E-state index contributed by atoms with van der Waals surface area (Å²) in [4.78, 5) is 4.53. The van der Waals surface area contributed by atoms with Gasteiger partial charge in [-0.05, 0) is 25.0 Å². The van der Waals surface area contributed by atoms with Crippen molar-refractivity contribution in [2.24, 2.45) is 5.73 Å². The molecule has 108 valence electrons. The molecule has 4 nitrogen and oxygen atoms in total. The molecule has 0 radical (unpaired) electrons. The molecule has 0 fully saturated rings. The fourth-order valence-electron chi connectivity index (χ4n) is 1.90. The van der Waals surface area contributed by atoms with E-state index < -0.39 is 0 Å². The standard InChI is InChI=1S/C15H20FN3O/c1-2-3-4-13-9-19-10-14(5-6-15(19)18-13)20-11-12(7-16)8-17/h5-7,9-10H,2-4,8,11,17H2,1H3/b12-7+. The summed E-state index contributed by atoms with van der Waals surface area (Å²) < 4.78 is 19.8. The molecule has 2 aromatic rings. The predicted octanol–water partition coefficient (Wildman–Crippen LogP) is 2.87. The Hall–Kier alpha value is -1.88. The molecule has 0 saturated carbocycles. The number of rotatable bonds is 7. The lowest BCUT2D eigenvalue weighted by Crippen LogP contribution is -2.10. The quantitative estimate of drug-likeness (QED) is 0.846. The highest BCUT2D eigenvalue weighted by Gasteiger charge is 2.03. The van der Waals surface area contributed by atoms with Crippen LogP contribution in [0.3, 0.4) is 0 Å². The Kier molecular flexibility index (Phi) is 5.12. The minimum absolute atomic E-state index is 0.158. The molecule has 0 unspecified atom stereocenters. The second kappa shape index (κ2) is 7.05. The van der Waals surface area contributed by atoms with E-state index in [1.54, 1.807) is 0 Å². The van der Waals surface area contributed by atoms with Crippen molar-refractivity contribution >= 4 is 5.65 Å². The van der Waals surface area contributed by atoms with E-state index in [1.807, 2.05) is 28.9 Å². The van der Waals surface area contributed by atoms with E-state index in [0.29, 0.717) is 17.7 Å². The summed E-state index contributed by atoms with van der Waals surface area (Å²) in [6.07, 6.45) is 7.62. The fourth-order valence-corrected chi connectivity index (χ4v) is 1.90. The summed E-state index contributed by atoms with van der Waals surface area (Å²) >= 11 is 0. The molecule has 5 heteroatoms. The second-order valence-corrected chi connectivity index (χ2v) is 4.73. The van der Waals surface area contributed by atoms with Crippen LogP contribution in [-0.4, -0.2) is 22.5 Å². The van der Waals surface area contributed by atoms with Crippen LogP contribution in [0, 0.1) is 0 Å². The topological polar surface area (TPSA) is 52.5 Å². The molecule has 0 aliphatic heterocycles. The number of aromatic nitrogens is 2. The number of imidazole rings is 1. The zero-order chi connectivity index (χ0) is 14.4. The van der Waals surface area contributed by atoms with E-state index in [4.69, 9.17) is 10.5 Å². The zero-order valence-corrected chi connectivity index (χ0v) is 11.7. The van der Waals surface area contributed by atoms with E-state index >= 15 is 0 Å². The van der Waals surface area contributed by atoms with Crippen molar-refractivity contribution in [3.8, 4) is 5.75 Å². The third-order valence-electron chi connectivity index (χ3n) is 3.10. The average Bonchev–Trinajstić information content (AvgIpc) is 2.88. The average molecular weight is 277 g/mol. The van der Waals surface area contributed by atoms with Gasteiger partial charge in [0.1, 0.15) is 18.0 Å². The summed E-state index contributed by atoms with van der Waals surface area (Å²) in [7, 11) is 0. The third-order valence-corrected chi connectivity index (χ3v) is 3.10. The first-order valence-electron chi connectivity index (χ1n) is 6.85. The van der Waals surface area contributed by atoms with Crippen LogP contribution >= 0.6 is 0 Å². The molecule has 0 spiro atoms. The summed E-state index contributed by atoms with van der Waals surface area (Å²) in [6, 6.07) is 3.73. The van der Waals surface area contributed by atoms with Crippen molar-refractivity contribution < 1.29 is 9.13 Å². The Morgan fingerprint density at radius 3 is 3.00 bits per heavy atom. The molecular weight excluding hydrogens is 257 g/mol. The molecule has 2 heterocycles. The van der Waals surface area contributed by atoms with Gasteiger partial charge >= 0.3 is 0 Å². The van der Waals surface area contributed by atoms with Gasteiger partial charge in [-0.25, -0.2) is 9.37 Å². The molecule has 0 bridgehead atoms. The first kappa shape index (κ1) is 14.5. The summed E-state index contributed by atoms with van der Waals surface area (Å²) in [6.45, 7) is 2.48. The molecule has 2 N–H and O–H groups in total. The number of unbranched alkanes of at least 4 members (excludes halogenated alkanes) is 1.